The fraction of sp³-hybridized carbons (Fsp3) is 0.278. The quantitative estimate of drug-likeness (QED) is 0.707. The summed E-state index contributed by atoms with van der Waals surface area (Å²) in [6.07, 6.45) is 1.84. The molecule has 0 saturated carbocycles. The van der Waals surface area contributed by atoms with Crippen molar-refractivity contribution in [3.63, 3.8) is 0 Å². The highest BCUT2D eigenvalue weighted by atomic mass is 15.0. The molecule has 0 amide bonds. The molecule has 0 atom stereocenters. The van der Waals surface area contributed by atoms with E-state index in [-0.39, 0.29) is 0 Å². The zero-order valence-corrected chi connectivity index (χ0v) is 13.7. The summed E-state index contributed by atoms with van der Waals surface area (Å²) in [6.45, 7) is 7.54. The van der Waals surface area contributed by atoms with Gasteiger partial charge in [-0.25, -0.2) is 9.97 Å². The Balaban J connectivity index is 1.63. The summed E-state index contributed by atoms with van der Waals surface area (Å²) in [4.78, 5) is 13.1. The van der Waals surface area contributed by atoms with Gasteiger partial charge in [-0.15, -0.1) is 0 Å². The van der Waals surface area contributed by atoms with Gasteiger partial charge in [0.15, 0.2) is 0 Å². The van der Waals surface area contributed by atoms with Gasteiger partial charge in [0.25, 0.3) is 0 Å². The van der Waals surface area contributed by atoms with Crippen LogP contribution in [0.25, 0.3) is 10.9 Å². The lowest BCUT2D eigenvalue weighted by atomic mass is 10.1. The molecule has 0 aliphatic rings. The minimum atomic E-state index is 0.783. The van der Waals surface area contributed by atoms with Gasteiger partial charge in [-0.3, -0.25) is 4.98 Å². The highest BCUT2D eigenvalue weighted by Gasteiger charge is 2.02. The second kappa shape index (κ2) is 6.60. The van der Waals surface area contributed by atoms with Crippen LogP contribution in [0.2, 0.25) is 0 Å². The van der Waals surface area contributed by atoms with Crippen LogP contribution in [0.3, 0.4) is 0 Å². The first-order valence-electron chi connectivity index (χ1n) is 7.77. The molecule has 0 unspecified atom stereocenters. The van der Waals surface area contributed by atoms with E-state index in [2.05, 4.69) is 50.7 Å². The molecule has 0 aliphatic carbocycles. The van der Waals surface area contributed by atoms with Crippen molar-refractivity contribution >= 4 is 22.4 Å². The van der Waals surface area contributed by atoms with Crippen LogP contribution >= 0.6 is 0 Å². The minimum absolute atomic E-state index is 0.783. The number of hydrogen-bond acceptors (Lipinski definition) is 5. The fourth-order valence-corrected chi connectivity index (χ4v) is 2.61. The molecule has 23 heavy (non-hydrogen) atoms. The van der Waals surface area contributed by atoms with Gasteiger partial charge in [0.1, 0.15) is 11.6 Å². The van der Waals surface area contributed by atoms with Crippen LogP contribution in [0.5, 0.6) is 0 Å². The van der Waals surface area contributed by atoms with Crippen LogP contribution in [-0.2, 0) is 0 Å². The van der Waals surface area contributed by atoms with E-state index in [1.165, 1.54) is 5.56 Å². The molecule has 5 heteroatoms. The van der Waals surface area contributed by atoms with Crippen LogP contribution in [0.1, 0.15) is 17.1 Å². The van der Waals surface area contributed by atoms with Crippen molar-refractivity contribution in [1.29, 1.82) is 0 Å². The predicted octanol–water partition coefficient (Wildman–Crippen LogP) is 3.47. The molecule has 3 rings (SSSR count). The van der Waals surface area contributed by atoms with Crippen molar-refractivity contribution in [3.05, 3.63) is 53.6 Å². The van der Waals surface area contributed by atoms with Crippen molar-refractivity contribution < 1.29 is 0 Å². The second-order valence-electron chi connectivity index (χ2n) is 5.67. The first-order valence-corrected chi connectivity index (χ1v) is 7.77. The Morgan fingerprint density at radius 3 is 2.57 bits per heavy atom. The summed E-state index contributed by atoms with van der Waals surface area (Å²) in [5.74, 6) is 1.66. The summed E-state index contributed by atoms with van der Waals surface area (Å²) in [7, 11) is 0. The number of aromatic nitrogens is 3. The van der Waals surface area contributed by atoms with Gasteiger partial charge in [0.2, 0.25) is 0 Å². The Hall–Kier alpha value is -2.69. The lowest BCUT2D eigenvalue weighted by Gasteiger charge is -2.11. The van der Waals surface area contributed by atoms with Gasteiger partial charge in [-0.1, -0.05) is 12.1 Å². The number of aryl methyl sites for hydroxylation is 3. The maximum Gasteiger partial charge on any atom is 0.129 e. The fourth-order valence-electron chi connectivity index (χ4n) is 2.61. The Morgan fingerprint density at radius 2 is 1.74 bits per heavy atom. The Kier molecular flexibility index (Phi) is 4.37. The molecular formula is C18H21N5. The molecule has 5 nitrogen and oxygen atoms in total. The van der Waals surface area contributed by atoms with E-state index in [1.54, 1.807) is 0 Å². The third-order valence-corrected chi connectivity index (χ3v) is 3.61. The lowest BCUT2D eigenvalue weighted by Crippen LogP contribution is -2.15. The van der Waals surface area contributed by atoms with Crippen LogP contribution in [-0.4, -0.2) is 28.0 Å². The first-order chi connectivity index (χ1) is 11.1. The topological polar surface area (TPSA) is 62.7 Å². The van der Waals surface area contributed by atoms with Crippen molar-refractivity contribution in [2.24, 2.45) is 0 Å². The Bertz CT molecular complexity index is 809. The zero-order valence-electron chi connectivity index (χ0n) is 13.7. The zero-order chi connectivity index (χ0) is 16.2. The molecule has 0 aliphatic heterocycles. The lowest BCUT2D eigenvalue weighted by molar-refractivity contribution is 0.986. The number of benzene rings is 1. The molecule has 1 aromatic carbocycles. The monoisotopic (exact) mass is 307 g/mol. The van der Waals surface area contributed by atoms with Crippen molar-refractivity contribution in [1.82, 2.24) is 15.0 Å². The molecule has 0 saturated heterocycles. The predicted molar refractivity (Wildman–Crippen MR) is 95.0 cm³/mol. The van der Waals surface area contributed by atoms with Gasteiger partial charge in [-0.2, -0.15) is 0 Å². The molecule has 0 fully saturated rings. The van der Waals surface area contributed by atoms with Gasteiger partial charge in [0, 0.05) is 42.1 Å². The average Bonchev–Trinajstić information content (AvgIpc) is 2.50. The number of pyridine rings is 1. The van der Waals surface area contributed by atoms with Crippen molar-refractivity contribution in [2.45, 2.75) is 20.8 Å². The number of anilines is 2. The summed E-state index contributed by atoms with van der Waals surface area (Å²) < 4.78 is 0. The summed E-state index contributed by atoms with van der Waals surface area (Å²) >= 11 is 0. The number of hydrogen-bond donors (Lipinski definition) is 2. The third-order valence-electron chi connectivity index (χ3n) is 3.61. The maximum absolute atomic E-state index is 4.43. The standard InChI is InChI=1S/C18H21N5/c1-12-4-5-15-16(6-7-19-17(15)10-12)20-8-9-21-18-11-13(2)22-14(3)23-18/h4-7,10-11H,8-9H2,1-3H3,(H,19,20)(H,21,22,23). The van der Waals surface area contributed by atoms with E-state index in [4.69, 9.17) is 0 Å². The minimum Gasteiger partial charge on any atom is -0.383 e. The van der Waals surface area contributed by atoms with Crippen LogP contribution in [0.15, 0.2) is 36.5 Å². The van der Waals surface area contributed by atoms with E-state index >= 15 is 0 Å². The number of fused-ring (bicyclic) bond motifs is 1. The van der Waals surface area contributed by atoms with Crippen LogP contribution in [0.4, 0.5) is 11.5 Å². The van der Waals surface area contributed by atoms with Crippen LogP contribution in [0, 0.1) is 20.8 Å². The molecule has 0 radical (unpaired) electrons. The van der Waals surface area contributed by atoms with E-state index in [0.29, 0.717) is 0 Å². The van der Waals surface area contributed by atoms with E-state index in [9.17, 15) is 0 Å². The van der Waals surface area contributed by atoms with E-state index < -0.39 is 0 Å². The molecule has 2 aromatic heterocycles. The summed E-state index contributed by atoms with van der Waals surface area (Å²) in [6, 6.07) is 10.3. The second-order valence-corrected chi connectivity index (χ2v) is 5.67. The normalized spacial score (nSPS) is 10.7. The Morgan fingerprint density at radius 1 is 0.913 bits per heavy atom. The van der Waals surface area contributed by atoms with Gasteiger partial charge < -0.3 is 10.6 Å². The molecular weight excluding hydrogens is 286 g/mol. The molecule has 2 heterocycles. The number of nitrogens with one attached hydrogen (secondary N) is 2. The van der Waals surface area contributed by atoms with Crippen molar-refractivity contribution in [3.8, 4) is 0 Å². The van der Waals surface area contributed by atoms with Gasteiger partial charge >= 0.3 is 0 Å². The maximum atomic E-state index is 4.43. The molecule has 0 bridgehead atoms. The molecule has 3 aromatic rings. The van der Waals surface area contributed by atoms with E-state index in [1.807, 2.05) is 32.2 Å². The first kappa shape index (κ1) is 15.2. The number of rotatable bonds is 5. The molecule has 0 spiro atoms. The van der Waals surface area contributed by atoms with Gasteiger partial charge in [0.05, 0.1) is 5.52 Å². The summed E-state index contributed by atoms with van der Waals surface area (Å²) in [5.41, 5.74) is 4.32. The highest BCUT2D eigenvalue weighted by molar-refractivity contribution is 5.91. The average molecular weight is 307 g/mol. The SMILES string of the molecule is Cc1ccc2c(NCCNc3cc(C)nc(C)n3)ccnc2c1. The number of nitrogens with zero attached hydrogens (tertiary/aromatic N) is 3. The third kappa shape index (κ3) is 3.74. The Labute approximate surface area is 136 Å². The van der Waals surface area contributed by atoms with Crippen molar-refractivity contribution in [2.75, 3.05) is 23.7 Å². The smallest absolute Gasteiger partial charge is 0.129 e. The van der Waals surface area contributed by atoms with E-state index in [0.717, 1.165) is 47.0 Å². The molecule has 118 valence electrons. The largest absolute Gasteiger partial charge is 0.383 e. The van der Waals surface area contributed by atoms with Crippen LogP contribution < -0.4 is 10.6 Å². The molecule has 2 N–H and O–H groups in total. The summed E-state index contributed by atoms with van der Waals surface area (Å²) in [5, 5.41) is 7.93. The highest BCUT2D eigenvalue weighted by Crippen LogP contribution is 2.22. The van der Waals surface area contributed by atoms with Gasteiger partial charge in [-0.05, 0) is 38.5 Å².